The summed E-state index contributed by atoms with van der Waals surface area (Å²) in [6.45, 7) is 27.9. The number of carbonyl (C=O) groups is 4. The van der Waals surface area contributed by atoms with Crippen LogP contribution in [-0.2, 0) is 38.8 Å². The van der Waals surface area contributed by atoms with Gasteiger partial charge in [-0.05, 0) is 109 Å². The van der Waals surface area contributed by atoms with E-state index in [4.69, 9.17) is 14.6 Å². The fourth-order valence-electron chi connectivity index (χ4n) is 5.95. The molecule has 0 aromatic heterocycles. The minimum absolute atomic E-state index is 0.0766. The Morgan fingerprint density at radius 1 is 0.875 bits per heavy atom. The fraction of sp³-hybridized carbons (Fsp3) is 0.750. The molecule has 0 spiro atoms. The summed E-state index contributed by atoms with van der Waals surface area (Å²) in [7, 11) is 0. The van der Waals surface area contributed by atoms with Gasteiger partial charge in [0.15, 0.2) is 11.5 Å². The van der Waals surface area contributed by atoms with Gasteiger partial charge in [0.25, 0.3) is 0 Å². The number of nitriles is 1. The molecule has 318 valence electrons. The number of alkyl halides is 3. The third kappa shape index (κ3) is 12.4. The van der Waals surface area contributed by atoms with Gasteiger partial charge in [-0.1, -0.05) is 79.7 Å². The van der Waals surface area contributed by atoms with Crippen molar-refractivity contribution >= 4 is 23.9 Å². The van der Waals surface area contributed by atoms with E-state index < -0.39 is 58.0 Å². The quantitative estimate of drug-likeness (QED) is 0.181. The van der Waals surface area contributed by atoms with E-state index in [-0.39, 0.29) is 29.3 Å². The zero-order valence-corrected chi connectivity index (χ0v) is 36.4. The van der Waals surface area contributed by atoms with Gasteiger partial charge in [0.05, 0.1) is 22.3 Å². The first-order chi connectivity index (χ1) is 25.4. The van der Waals surface area contributed by atoms with E-state index in [0.29, 0.717) is 31.6 Å². The Hall–Kier alpha value is -3.62. The van der Waals surface area contributed by atoms with Gasteiger partial charge < -0.3 is 19.3 Å². The Kier molecular flexibility index (Phi) is 17.3. The maximum atomic E-state index is 12.2. The van der Waals surface area contributed by atoms with Crippen molar-refractivity contribution in [3.05, 3.63) is 35.4 Å². The molecule has 2 saturated carbocycles. The standard InChI is InChI=1S/C15H19NO4.C14H22.C9H15F3O2.C6H12O2/c1-4-14(2,3)12(17)19-10-8-5-9-11(10)20-13(18)15(9,6-8)7-16;1-6-11(2)12-7-9-13(10-8-12)14(3,4)5;1-5-8(3,4)7(13)14-6(2)9(10,11)12;1-4-6(2,3)5(7)8/h8-11H,4-6H2,1-3H3;7-11H,6H2,1-5H3;6H,5H2,1-4H3;4H2,1-3H3,(H,7,8). The average molecular weight is 796 g/mol. The van der Waals surface area contributed by atoms with Gasteiger partial charge in [-0.25, -0.2) is 0 Å². The molecule has 3 fully saturated rings. The van der Waals surface area contributed by atoms with Crippen molar-refractivity contribution in [2.75, 3.05) is 0 Å². The van der Waals surface area contributed by atoms with E-state index in [2.05, 4.69) is 69.7 Å². The topological polar surface area (TPSA) is 140 Å². The molecule has 12 heteroatoms. The molecule has 7 unspecified atom stereocenters. The van der Waals surface area contributed by atoms with E-state index in [1.807, 2.05) is 27.7 Å². The summed E-state index contributed by atoms with van der Waals surface area (Å²) in [5, 5.41) is 17.8. The number of carbonyl (C=O) groups excluding carboxylic acids is 3. The summed E-state index contributed by atoms with van der Waals surface area (Å²) in [5.41, 5.74) is 0.244. The molecule has 1 N–H and O–H groups in total. The number of aliphatic carboxylic acids is 1. The largest absolute Gasteiger partial charge is 0.481 e. The zero-order chi connectivity index (χ0) is 43.8. The minimum atomic E-state index is -4.49. The Labute approximate surface area is 333 Å². The monoisotopic (exact) mass is 795 g/mol. The van der Waals surface area contributed by atoms with Crippen molar-refractivity contribution < 1.29 is 51.7 Å². The minimum Gasteiger partial charge on any atom is -0.481 e. The Morgan fingerprint density at radius 3 is 1.73 bits per heavy atom. The van der Waals surface area contributed by atoms with Crippen LogP contribution in [0.5, 0.6) is 0 Å². The van der Waals surface area contributed by atoms with Gasteiger partial charge in [0.1, 0.15) is 12.2 Å². The summed E-state index contributed by atoms with van der Waals surface area (Å²) < 4.78 is 51.4. The SMILES string of the molecule is CCC(C)(C)C(=O)O.CCC(C)(C)C(=O)OC(C)C(F)(F)F.CCC(C)(C)C(=O)OC1C2CC3C1OC(=O)C3(C#N)C2.CCC(C)c1ccc(C(C)(C)C)cc1. The highest BCUT2D eigenvalue weighted by Gasteiger charge is 2.72. The van der Waals surface area contributed by atoms with Crippen LogP contribution in [0.2, 0.25) is 0 Å². The lowest BCUT2D eigenvalue weighted by atomic mass is 9.74. The molecule has 4 rings (SSSR count). The first-order valence-corrected chi connectivity index (χ1v) is 19.9. The van der Waals surface area contributed by atoms with E-state index in [0.717, 1.165) is 13.3 Å². The second-order valence-electron chi connectivity index (χ2n) is 18.4. The van der Waals surface area contributed by atoms with E-state index in [1.165, 1.54) is 17.5 Å². The normalized spacial score (nSPS) is 23.7. The second kappa shape index (κ2) is 19.2. The Morgan fingerprint density at radius 2 is 1.36 bits per heavy atom. The number of esters is 3. The van der Waals surface area contributed by atoms with Gasteiger partial charge >= 0.3 is 30.1 Å². The van der Waals surface area contributed by atoms with Crippen LogP contribution in [0.3, 0.4) is 0 Å². The number of ether oxygens (including phenoxy) is 3. The molecular formula is C44H68F3NO8. The molecule has 0 radical (unpaired) electrons. The molecule has 7 atom stereocenters. The van der Waals surface area contributed by atoms with Gasteiger partial charge in [0, 0.05) is 11.8 Å². The van der Waals surface area contributed by atoms with E-state index in [1.54, 1.807) is 34.6 Å². The highest BCUT2D eigenvalue weighted by atomic mass is 19.4. The lowest BCUT2D eigenvalue weighted by Crippen LogP contribution is -2.42. The molecule has 1 aliphatic heterocycles. The molecule has 3 aliphatic rings. The second-order valence-corrected chi connectivity index (χ2v) is 18.4. The number of rotatable bonds is 10. The molecule has 1 aromatic carbocycles. The molecular weight excluding hydrogens is 727 g/mol. The summed E-state index contributed by atoms with van der Waals surface area (Å²) in [4.78, 5) is 45.6. The van der Waals surface area contributed by atoms with Gasteiger partial charge in [0.2, 0.25) is 0 Å². The van der Waals surface area contributed by atoms with Gasteiger partial charge in [-0.2, -0.15) is 18.4 Å². The highest BCUT2D eigenvalue weighted by Crippen LogP contribution is 2.62. The van der Waals surface area contributed by atoms with Crippen molar-refractivity contribution in [1.29, 1.82) is 5.26 Å². The van der Waals surface area contributed by atoms with Crippen molar-refractivity contribution in [2.45, 2.75) is 178 Å². The number of carboxylic acid groups (broad SMARTS) is 1. The summed E-state index contributed by atoms with van der Waals surface area (Å²) in [5.74, 6) is -1.55. The van der Waals surface area contributed by atoms with E-state index >= 15 is 0 Å². The lowest BCUT2D eigenvalue weighted by molar-refractivity contribution is -0.221. The summed E-state index contributed by atoms with van der Waals surface area (Å²) in [6, 6.07) is 11.2. The zero-order valence-electron chi connectivity index (χ0n) is 36.4. The number of hydrogen-bond acceptors (Lipinski definition) is 8. The van der Waals surface area contributed by atoms with E-state index in [9.17, 15) is 37.6 Å². The number of hydrogen-bond donors (Lipinski definition) is 1. The number of halogens is 3. The van der Waals surface area contributed by atoms with Crippen LogP contribution in [0.15, 0.2) is 24.3 Å². The van der Waals surface area contributed by atoms with Crippen molar-refractivity contribution in [3.63, 3.8) is 0 Å². The van der Waals surface area contributed by atoms with Crippen LogP contribution in [0, 0.1) is 44.8 Å². The first-order valence-electron chi connectivity index (χ1n) is 19.9. The summed E-state index contributed by atoms with van der Waals surface area (Å²) >= 11 is 0. The Balaban J connectivity index is 0.000000392. The van der Waals surface area contributed by atoms with Crippen LogP contribution in [0.25, 0.3) is 0 Å². The van der Waals surface area contributed by atoms with Crippen molar-refractivity contribution in [3.8, 4) is 6.07 Å². The van der Waals surface area contributed by atoms with Crippen LogP contribution in [0.1, 0.15) is 159 Å². The molecule has 2 aliphatic carbocycles. The average Bonchev–Trinajstić information content (AvgIpc) is 3.73. The molecule has 9 nitrogen and oxygen atoms in total. The fourth-order valence-corrected chi connectivity index (χ4v) is 5.95. The van der Waals surface area contributed by atoms with Crippen molar-refractivity contribution in [2.24, 2.45) is 33.5 Å². The van der Waals surface area contributed by atoms with Gasteiger partial charge in [-0.15, -0.1) is 0 Å². The molecule has 1 saturated heterocycles. The molecule has 1 heterocycles. The predicted octanol–water partition coefficient (Wildman–Crippen LogP) is 10.7. The van der Waals surface area contributed by atoms with Crippen LogP contribution < -0.4 is 0 Å². The highest BCUT2D eigenvalue weighted by molar-refractivity contribution is 5.85. The smallest absolute Gasteiger partial charge is 0.425 e. The first kappa shape index (κ1) is 50.4. The number of benzene rings is 1. The number of carboxylic acids is 1. The molecule has 56 heavy (non-hydrogen) atoms. The number of nitrogens with zero attached hydrogens (tertiary/aromatic N) is 1. The predicted molar refractivity (Wildman–Crippen MR) is 209 cm³/mol. The molecule has 1 aromatic rings. The lowest BCUT2D eigenvalue weighted by Gasteiger charge is -2.30. The Bertz CT molecular complexity index is 1540. The van der Waals surface area contributed by atoms with Crippen LogP contribution in [-0.4, -0.2) is 53.5 Å². The third-order valence-corrected chi connectivity index (χ3v) is 12.0. The maximum Gasteiger partial charge on any atom is 0.425 e. The van der Waals surface area contributed by atoms with Gasteiger partial charge in [-0.3, -0.25) is 19.2 Å². The van der Waals surface area contributed by atoms with Crippen molar-refractivity contribution in [1.82, 2.24) is 0 Å². The summed E-state index contributed by atoms with van der Waals surface area (Å²) in [6.07, 6.45) is -3.07. The van der Waals surface area contributed by atoms with Crippen LogP contribution >= 0.6 is 0 Å². The number of fused-ring (bicyclic) bond motifs is 1. The third-order valence-electron chi connectivity index (χ3n) is 12.0. The molecule has 2 bridgehead atoms. The van der Waals surface area contributed by atoms with Crippen LogP contribution in [0.4, 0.5) is 13.2 Å². The molecule has 0 amide bonds. The maximum absolute atomic E-state index is 12.2.